The summed E-state index contributed by atoms with van der Waals surface area (Å²) in [7, 11) is 0. The van der Waals surface area contributed by atoms with Crippen molar-refractivity contribution in [2.45, 2.75) is 32.8 Å². The SMILES string of the molecule is CC(C)CCCNC[C@H](O)c1ccccc1. The first-order valence-electron chi connectivity index (χ1n) is 6.14. The molecule has 0 aliphatic rings. The molecule has 0 saturated heterocycles. The van der Waals surface area contributed by atoms with E-state index in [9.17, 15) is 5.11 Å². The highest BCUT2D eigenvalue weighted by Gasteiger charge is 2.05. The van der Waals surface area contributed by atoms with Crippen molar-refractivity contribution in [1.82, 2.24) is 5.32 Å². The molecular weight excluding hydrogens is 198 g/mol. The minimum absolute atomic E-state index is 0.389. The summed E-state index contributed by atoms with van der Waals surface area (Å²) in [5.41, 5.74) is 0.985. The molecular formula is C14H23NO. The van der Waals surface area contributed by atoms with Crippen LogP contribution in [0.25, 0.3) is 0 Å². The molecule has 0 unspecified atom stereocenters. The molecule has 0 aliphatic carbocycles. The van der Waals surface area contributed by atoms with Crippen molar-refractivity contribution in [3.63, 3.8) is 0 Å². The number of aliphatic hydroxyl groups excluding tert-OH is 1. The molecule has 0 radical (unpaired) electrons. The first kappa shape index (κ1) is 13.2. The molecule has 0 fully saturated rings. The van der Waals surface area contributed by atoms with Crippen molar-refractivity contribution in [3.8, 4) is 0 Å². The van der Waals surface area contributed by atoms with Gasteiger partial charge in [-0.15, -0.1) is 0 Å². The van der Waals surface area contributed by atoms with Crippen molar-refractivity contribution in [3.05, 3.63) is 35.9 Å². The zero-order valence-electron chi connectivity index (χ0n) is 10.3. The normalized spacial score (nSPS) is 13.0. The van der Waals surface area contributed by atoms with Crippen LogP contribution < -0.4 is 5.32 Å². The summed E-state index contributed by atoms with van der Waals surface area (Å²) in [6.45, 7) is 6.10. The Labute approximate surface area is 98.7 Å². The lowest BCUT2D eigenvalue weighted by Gasteiger charge is -2.12. The molecule has 2 heteroatoms. The van der Waals surface area contributed by atoms with E-state index < -0.39 is 0 Å². The van der Waals surface area contributed by atoms with Crippen LogP contribution in [0.3, 0.4) is 0 Å². The van der Waals surface area contributed by atoms with E-state index in [0.29, 0.717) is 6.54 Å². The average molecular weight is 221 g/mol. The maximum atomic E-state index is 9.87. The van der Waals surface area contributed by atoms with Gasteiger partial charge in [0.15, 0.2) is 0 Å². The van der Waals surface area contributed by atoms with E-state index in [1.807, 2.05) is 30.3 Å². The summed E-state index contributed by atoms with van der Waals surface area (Å²) in [6, 6.07) is 9.79. The zero-order chi connectivity index (χ0) is 11.8. The summed E-state index contributed by atoms with van der Waals surface area (Å²) in [5.74, 6) is 0.765. The molecule has 0 bridgehead atoms. The second-order valence-electron chi connectivity index (χ2n) is 4.67. The van der Waals surface area contributed by atoms with Gasteiger partial charge >= 0.3 is 0 Å². The highest BCUT2D eigenvalue weighted by Crippen LogP contribution is 2.10. The third-order valence-electron chi connectivity index (χ3n) is 2.66. The van der Waals surface area contributed by atoms with Crippen LogP contribution in [0.1, 0.15) is 38.4 Å². The second-order valence-corrected chi connectivity index (χ2v) is 4.67. The molecule has 0 amide bonds. The Bertz CT molecular complexity index is 271. The summed E-state index contributed by atoms with van der Waals surface area (Å²) in [4.78, 5) is 0. The van der Waals surface area contributed by atoms with Crippen LogP contribution in [0.2, 0.25) is 0 Å². The lowest BCUT2D eigenvalue weighted by Crippen LogP contribution is -2.22. The maximum absolute atomic E-state index is 9.87. The van der Waals surface area contributed by atoms with Gasteiger partial charge in [-0.3, -0.25) is 0 Å². The van der Waals surface area contributed by atoms with Crippen molar-refractivity contribution < 1.29 is 5.11 Å². The molecule has 2 N–H and O–H groups in total. The molecule has 1 rings (SSSR count). The third-order valence-corrected chi connectivity index (χ3v) is 2.66. The van der Waals surface area contributed by atoms with Gasteiger partial charge in [0.2, 0.25) is 0 Å². The summed E-state index contributed by atoms with van der Waals surface area (Å²) in [6.07, 6.45) is 2.04. The predicted molar refractivity (Wildman–Crippen MR) is 68.3 cm³/mol. The topological polar surface area (TPSA) is 32.3 Å². The standard InChI is InChI=1S/C14H23NO/c1-12(2)7-6-10-15-11-14(16)13-8-4-3-5-9-13/h3-5,8-9,12,14-16H,6-7,10-11H2,1-2H3/t14-/m0/s1. The molecule has 16 heavy (non-hydrogen) atoms. The van der Waals surface area contributed by atoms with Crippen LogP contribution in [0.15, 0.2) is 30.3 Å². The first-order chi connectivity index (χ1) is 7.70. The Balaban J connectivity index is 2.14. The van der Waals surface area contributed by atoms with Crippen molar-refractivity contribution in [2.24, 2.45) is 5.92 Å². The van der Waals surface area contributed by atoms with Gasteiger partial charge in [0.05, 0.1) is 6.10 Å². The number of benzene rings is 1. The molecule has 2 nitrogen and oxygen atoms in total. The molecule has 0 aliphatic heterocycles. The minimum atomic E-state index is -0.389. The first-order valence-corrected chi connectivity index (χ1v) is 6.14. The zero-order valence-corrected chi connectivity index (χ0v) is 10.3. The van der Waals surface area contributed by atoms with Crippen LogP contribution in [0, 0.1) is 5.92 Å². The van der Waals surface area contributed by atoms with Crippen molar-refractivity contribution in [1.29, 1.82) is 0 Å². The number of rotatable bonds is 7. The van der Waals surface area contributed by atoms with E-state index >= 15 is 0 Å². The van der Waals surface area contributed by atoms with Gasteiger partial charge in [-0.1, -0.05) is 44.2 Å². The highest BCUT2D eigenvalue weighted by molar-refractivity contribution is 5.17. The van der Waals surface area contributed by atoms with Gasteiger partial charge in [-0.2, -0.15) is 0 Å². The summed E-state index contributed by atoms with van der Waals surface area (Å²) in [5, 5.41) is 13.2. The van der Waals surface area contributed by atoms with Gasteiger partial charge in [0, 0.05) is 6.54 Å². The van der Waals surface area contributed by atoms with Crippen LogP contribution >= 0.6 is 0 Å². The van der Waals surface area contributed by atoms with Crippen LogP contribution in [-0.4, -0.2) is 18.2 Å². The quantitative estimate of drug-likeness (QED) is 0.694. The van der Waals surface area contributed by atoms with Gasteiger partial charge in [-0.05, 0) is 30.9 Å². The smallest absolute Gasteiger partial charge is 0.0914 e. The fourth-order valence-electron chi connectivity index (χ4n) is 1.67. The van der Waals surface area contributed by atoms with Crippen molar-refractivity contribution in [2.75, 3.05) is 13.1 Å². The van der Waals surface area contributed by atoms with Gasteiger partial charge in [-0.25, -0.2) is 0 Å². The van der Waals surface area contributed by atoms with E-state index in [2.05, 4.69) is 19.2 Å². The minimum Gasteiger partial charge on any atom is -0.387 e. The number of hydrogen-bond acceptors (Lipinski definition) is 2. The molecule has 0 aromatic heterocycles. The predicted octanol–water partition coefficient (Wildman–Crippen LogP) is 2.75. The number of nitrogens with one attached hydrogen (secondary N) is 1. The molecule has 1 aromatic carbocycles. The van der Waals surface area contributed by atoms with Crippen LogP contribution in [-0.2, 0) is 0 Å². The van der Waals surface area contributed by atoms with Crippen LogP contribution in [0.4, 0.5) is 0 Å². The van der Waals surface area contributed by atoms with E-state index in [1.54, 1.807) is 0 Å². The molecule has 0 spiro atoms. The molecule has 0 saturated carbocycles. The lowest BCUT2D eigenvalue weighted by atomic mass is 10.1. The molecule has 0 heterocycles. The Morgan fingerprint density at radius 3 is 2.50 bits per heavy atom. The van der Waals surface area contributed by atoms with Crippen LogP contribution in [0.5, 0.6) is 0 Å². The van der Waals surface area contributed by atoms with Crippen molar-refractivity contribution >= 4 is 0 Å². The second kappa shape index (κ2) is 7.42. The largest absolute Gasteiger partial charge is 0.387 e. The molecule has 90 valence electrons. The van der Waals surface area contributed by atoms with Gasteiger partial charge in [0.1, 0.15) is 0 Å². The average Bonchev–Trinajstić information content (AvgIpc) is 2.29. The summed E-state index contributed by atoms with van der Waals surface area (Å²) >= 11 is 0. The molecule has 1 aromatic rings. The molecule has 1 atom stereocenters. The fraction of sp³-hybridized carbons (Fsp3) is 0.571. The van der Waals surface area contributed by atoms with Gasteiger partial charge < -0.3 is 10.4 Å². The monoisotopic (exact) mass is 221 g/mol. The highest BCUT2D eigenvalue weighted by atomic mass is 16.3. The van der Waals surface area contributed by atoms with Gasteiger partial charge in [0.25, 0.3) is 0 Å². The van der Waals surface area contributed by atoms with E-state index in [4.69, 9.17) is 0 Å². The number of hydrogen-bond donors (Lipinski definition) is 2. The third kappa shape index (κ3) is 5.29. The fourth-order valence-corrected chi connectivity index (χ4v) is 1.67. The van der Waals surface area contributed by atoms with E-state index in [-0.39, 0.29) is 6.10 Å². The summed E-state index contributed by atoms with van der Waals surface area (Å²) < 4.78 is 0. The Kier molecular flexibility index (Phi) is 6.12. The lowest BCUT2D eigenvalue weighted by molar-refractivity contribution is 0.174. The van der Waals surface area contributed by atoms with E-state index in [0.717, 1.165) is 18.0 Å². The number of aliphatic hydroxyl groups is 1. The maximum Gasteiger partial charge on any atom is 0.0914 e. The Hall–Kier alpha value is -0.860. The Morgan fingerprint density at radius 2 is 1.88 bits per heavy atom. The van der Waals surface area contributed by atoms with E-state index in [1.165, 1.54) is 12.8 Å². The Morgan fingerprint density at radius 1 is 1.19 bits per heavy atom.